The summed E-state index contributed by atoms with van der Waals surface area (Å²) in [4.78, 5) is 38.6. The van der Waals surface area contributed by atoms with Crippen LogP contribution in [-0.2, 0) is 16.1 Å². The topological polar surface area (TPSA) is 78.5 Å². The molecule has 3 amide bonds. The van der Waals surface area contributed by atoms with E-state index in [1.165, 1.54) is 0 Å². The van der Waals surface area contributed by atoms with Gasteiger partial charge < -0.3 is 15.5 Å². The van der Waals surface area contributed by atoms with Gasteiger partial charge in [0, 0.05) is 43.1 Å². The molecule has 1 aromatic rings. The highest BCUT2D eigenvalue weighted by Crippen LogP contribution is 2.32. The maximum atomic E-state index is 12.4. The zero-order valence-electron chi connectivity index (χ0n) is 16.9. The molecular formula is C22H31N3O3. The van der Waals surface area contributed by atoms with Crippen molar-refractivity contribution in [3.05, 3.63) is 35.4 Å². The second kappa shape index (κ2) is 9.22. The van der Waals surface area contributed by atoms with E-state index < -0.39 is 0 Å². The predicted octanol–water partition coefficient (Wildman–Crippen LogP) is 2.48. The van der Waals surface area contributed by atoms with Gasteiger partial charge in [0.15, 0.2) is 0 Å². The Morgan fingerprint density at radius 3 is 2.25 bits per heavy atom. The molecule has 2 N–H and O–H groups in total. The molecule has 1 aromatic carbocycles. The van der Waals surface area contributed by atoms with Crippen LogP contribution in [0.15, 0.2) is 24.3 Å². The van der Waals surface area contributed by atoms with Gasteiger partial charge in [0.1, 0.15) is 0 Å². The lowest BCUT2D eigenvalue weighted by Gasteiger charge is -2.31. The molecule has 0 unspecified atom stereocenters. The first-order chi connectivity index (χ1) is 13.5. The summed E-state index contributed by atoms with van der Waals surface area (Å²) in [6, 6.07) is 7.49. The van der Waals surface area contributed by atoms with Crippen LogP contribution < -0.4 is 10.6 Å². The number of carbonyl (C=O) groups is 3. The van der Waals surface area contributed by atoms with Crippen molar-refractivity contribution in [1.82, 2.24) is 15.5 Å². The third-order valence-electron chi connectivity index (χ3n) is 5.78. The number of hydrogen-bond donors (Lipinski definition) is 2. The highest BCUT2D eigenvalue weighted by atomic mass is 16.2. The number of benzene rings is 1. The monoisotopic (exact) mass is 385 g/mol. The number of nitrogens with one attached hydrogen (secondary N) is 2. The quantitative estimate of drug-likeness (QED) is 0.757. The van der Waals surface area contributed by atoms with E-state index in [0.717, 1.165) is 37.7 Å². The maximum absolute atomic E-state index is 12.4. The van der Waals surface area contributed by atoms with Crippen molar-refractivity contribution in [2.75, 3.05) is 13.1 Å². The summed E-state index contributed by atoms with van der Waals surface area (Å²) in [5.41, 5.74) is 1.60. The number of amides is 3. The van der Waals surface area contributed by atoms with E-state index in [1.54, 1.807) is 12.1 Å². The van der Waals surface area contributed by atoms with Crippen LogP contribution >= 0.6 is 0 Å². The third kappa shape index (κ3) is 5.33. The molecular weight excluding hydrogens is 354 g/mol. The van der Waals surface area contributed by atoms with Crippen LogP contribution in [-0.4, -0.2) is 41.8 Å². The molecule has 1 saturated heterocycles. The van der Waals surface area contributed by atoms with E-state index in [1.807, 2.05) is 30.9 Å². The molecule has 0 spiro atoms. The molecule has 0 aromatic heterocycles. The first-order valence-electron chi connectivity index (χ1n) is 10.4. The second-order valence-corrected chi connectivity index (χ2v) is 8.07. The van der Waals surface area contributed by atoms with Gasteiger partial charge in [-0.3, -0.25) is 14.4 Å². The number of carbonyl (C=O) groups excluding carboxylic acids is 3. The Bertz CT molecular complexity index is 704. The van der Waals surface area contributed by atoms with Crippen molar-refractivity contribution in [1.29, 1.82) is 0 Å². The number of hydrogen-bond acceptors (Lipinski definition) is 3. The largest absolute Gasteiger partial charge is 0.352 e. The lowest BCUT2D eigenvalue weighted by molar-refractivity contribution is -0.136. The Labute approximate surface area is 167 Å². The van der Waals surface area contributed by atoms with Gasteiger partial charge in [0.25, 0.3) is 5.91 Å². The summed E-state index contributed by atoms with van der Waals surface area (Å²) in [6.45, 7) is 5.84. The molecule has 1 saturated carbocycles. The minimum absolute atomic E-state index is 0.0242. The Morgan fingerprint density at radius 2 is 1.68 bits per heavy atom. The average molecular weight is 386 g/mol. The maximum Gasteiger partial charge on any atom is 0.251 e. The molecule has 1 heterocycles. The van der Waals surface area contributed by atoms with Crippen LogP contribution in [0.3, 0.4) is 0 Å². The molecule has 152 valence electrons. The van der Waals surface area contributed by atoms with Crippen molar-refractivity contribution < 1.29 is 14.4 Å². The molecule has 1 aliphatic carbocycles. The van der Waals surface area contributed by atoms with Crippen molar-refractivity contribution in [3.8, 4) is 0 Å². The molecule has 2 fully saturated rings. The fourth-order valence-electron chi connectivity index (χ4n) is 3.47. The normalized spacial score (nSPS) is 18.4. The standard InChI is InChI=1S/C22H31N3O3/c1-3-15(2)24-21(27)17-6-4-16(5-7-17)14-23-20(26)18-10-12-25(13-11-18)22(28)19-8-9-19/h4-7,15,18-19H,3,8-14H2,1-2H3,(H,23,26)(H,24,27)/t15-/m0/s1. The lowest BCUT2D eigenvalue weighted by Crippen LogP contribution is -2.43. The fraction of sp³-hybridized carbons (Fsp3) is 0.591. The number of nitrogens with zero attached hydrogens (tertiary/aromatic N) is 1. The van der Waals surface area contributed by atoms with Gasteiger partial charge in [0.2, 0.25) is 11.8 Å². The van der Waals surface area contributed by atoms with Crippen LogP contribution in [0.25, 0.3) is 0 Å². The summed E-state index contributed by atoms with van der Waals surface area (Å²) in [7, 11) is 0. The number of rotatable bonds is 7. The third-order valence-corrected chi connectivity index (χ3v) is 5.78. The van der Waals surface area contributed by atoms with E-state index in [9.17, 15) is 14.4 Å². The number of piperidine rings is 1. The van der Waals surface area contributed by atoms with E-state index in [4.69, 9.17) is 0 Å². The van der Waals surface area contributed by atoms with E-state index in [0.29, 0.717) is 25.2 Å². The Balaban J connectivity index is 1.42. The SMILES string of the molecule is CC[C@H](C)NC(=O)c1ccc(CNC(=O)C2CCN(C(=O)C3CC3)CC2)cc1. The van der Waals surface area contributed by atoms with Crippen LogP contribution in [0.4, 0.5) is 0 Å². The molecule has 1 atom stereocenters. The summed E-state index contributed by atoms with van der Waals surface area (Å²) in [5.74, 6) is 0.482. The Morgan fingerprint density at radius 1 is 1.04 bits per heavy atom. The van der Waals surface area contributed by atoms with Gasteiger partial charge in [-0.15, -0.1) is 0 Å². The van der Waals surface area contributed by atoms with Gasteiger partial charge in [-0.05, 0) is 56.7 Å². The summed E-state index contributed by atoms with van der Waals surface area (Å²) >= 11 is 0. The molecule has 3 rings (SSSR count). The van der Waals surface area contributed by atoms with Crippen LogP contribution in [0.5, 0.6) is 0 Å². The van der Waals surface area contributed by atoms with E-state index in [2.05, 4.69) is 10.6 Å². The molecule has 6 nitrogen and oxygen atoms in total. The minimum Gasteiger partial charge on any atom is -0.352 e. The summed E-state index contributed by atoms with van der Waals surface area (Å²) < 4.78 is 0. The molecule has 0 bridgehead atoms. The van der Waals surface area contributed by atoms with Crippen LogP contribution in [0.1, 0.15) is 61.9 Å². The Hall–Kier alpha value is -2.37. The number of likely N-dealkylation sites (tertiary alicyclic amines) is 1. The van der Waals surface area contributed by atoms with Crippen molar-refractivity contribution >= 4 is 17.7 Å². The molecule has 0 radical (unpaired) electrons. The first-order valence-corrected chi connectivity index (χ1v) is 10.4. The zero-order chi connectivity index (χ0) is 20.1. The summed E-state index contributed by atoms with van der Waals surface area (Å²) in [5, 5.41) is 5.94. The molecule has 6 heteroatoms. The van der Waals surface area contributed by atoms with Crippen LogP contribution in [0, 0.1) is 11.8 Å². The summed E-state index contributed by atoms with van der Waals surface area (Å²) in [6.07, 6.45) is 4.41. The van der Waals surface area contributed by atoms with Gasteiger partial charge in [-0.25, -0.2) is 0 Å². The van der Waals surface area contributed by atoms with Gasteiger partial charge in [-0.2, -0.15) is 0 Å². The Kier molecular flexibility index (Phi) is 6.70. The fourth-order valence-corrected chi connectivity index (χ4v) is 3.47. The first kappa shape index (κ1) is 20.4. The van der Waals surface area contributed by atoms with Gasteiger partial charge in [-0.1, -0.05) is 19.1 Å². The second-order valence-electron chi connectivity index (χ2n) is 8.07. The highest BCUT2D eigenvalue weighted by molar-refractivity contribution is 5.94. The molecule has 1 aliphatic heterocycles. The molecule has 2 aliphatic rings. The van der Waals surface area contributed by atoms with Crippen molar-refractivity contribution in [2.45, 2.75) is 58.5 Å². The van der Waals surface area contributed by atoms with Crippen molar-refractivity contribution in [2.24, 2.45) is 11.8 Å². The lowest BCUT2D eigenvalue weighted by atomic mass is 9.95. The minimum atomic E-state index is -0.0718. The van der Waals surface area contributed by atoms with E-state index in [-0.39, 0.29) is 35.6 Å². The zero-order valence-corrected chi connectivity index (χ0v) is 16.9. The van der Waals surface area contributed by atoms with Gasteiger partial charge >= 0.3 is 0 Å². The van der Waals surface area contributed by atoms with Crippen molar-refractivity contribution in [3.63, 3.8) is 0 Å². The predicted molar refractivity (Wildman–Crippen MR) is 108 cm³/mol. The smallest absolute Gasteiger partial charge is 0.251 e. The van der Waals surface area contributed by atoms with Crippen LogP contribution in [0.2, 0.25) is 0 Å². The highest BCUT2D eigenvalue weighted by Gasteiger charge is 2.35. The average Bonchev–Trinajstić information content (AvgIpc) is 3.57. The molecule has 28 heavy (non-hydrogen) atoms. The van der Waals surface area contributed by atoms with E-state index >= 15 is 0 Å². The van der Waals surface area contributed by atoms with Gasteiger partial charge in [0.05, 0.1) is 0 Å².